The molecule has 3 heterocycles. The van der Waals surface area contributed by atoms with E-state index in [0.717, 1.165) is 40.5 Å². The number of nitrogens with zero attached hydrogens (tertiary/aromatic N) is 4. The monoisotopic (exact) mass is 373 g/mol. The standard InChI is InChI=1S/C19H27N5OS/c1-12-15(11-23(3)21-12)17-16-18(20-13(2)26-17)24(22-19(16)25)14-9-7-5-4-6-8-10-14/h11,14,17H,4-10H2,1-3H3,(H,22,25). The molecule has 0 spiro atoms. The molecule has 1 aliphatic carbocycles. The van der Waals surface area contributed by atoms with Crippen molar-refractivity contribution in [3.8, 4) is 0 Å². The van der Waals surface area contributed by atoms with Gasteiger partial charge in [-0.25, -0.2) is 4.99 Å². The molecule has 0 bridgehead atoms. The largest absolute Gasteiger partial charge is 0.275 e. The predicted molar refractivity (Wildman–Crippen MR) is 107 cm³/mol. The van der Waals surface area contributed by atoms with Crippen molar-refractivity contribution in [3.05, 3.63) is 33.4 Å². The lowest BCUT2D eigenvalue weighted by Gasteiger charge is -2.24. The third kappa shape index (κ3) is 3.17. The third-order valence-electron chi connectivity index (χ3n) is 5.52. The zero-order valence-corrected chi connectivity index (χ0v) is 16.6. The van der Waals surface area contributed by atoms with Crippen LogP contribution in [-0.2, 0) is 7.05 Å². The summed E-state index contributed by atoms with van der Waals surface area (Å²) in [5.41, 5.74) is 2.87. The summed E-state index contributed by atoms with van der Waals surface area (Å²) in [5, 5.41) is 8.58. The molecule has 140 valence electrons. The average molecular weight is 374 g/mol. The maximum Gasteiger partial charge on any atom is 0.271 e. The Morgan fingerprint density at radius 2 is 1.85 bits per heavy atom. The van der Waals surface area contributed by atoms with Gasteiger partial charge in [0.1, 0.15) is 0 Å². The van der Waals surface area contributed by atoms with E-state index in [1.165, 1.54) is 32.1 Å². The van der Waals surface area contributed by atoms with E-state index < -0.39 is 0 Å². The summed E-state index contributed by atoms with van der Waals surface area (Å²) in [6.07, 6.45) is 10.6. The second-order valence-corrected chi connectivity index (χ2v) is 8.82. The van der Waals surface area contributed by atoms with E-state index in [-0.39, 0.29) is 10.8 Å². The lowest BCUT2D eigenvalue weighted by molar-refractivity contribution is 0.349. The molecule has 2 aromatic rings. The number of fused-ring (bicyclic) bond motifs is 1. The highest BCUT2D eigenvalue weighted by molar-refractivity contribution is 8.14. The summed E-state index contributed by atoms with van der Waals surface area (Å²) < 4.78 is 3.90. The van der Waals surface area contributed by atoms with Gasteiger partial charge < -0.3 is 0 Å². The van der Waals surface area contributed by atoms with Gasteiger partial charge in [0.25, 0.3) is 5.56 Å². The predicted octanol–water partition coefficient (Wildman–Crippen LogP) is 4.39. The van der Waals surface area contributed by atoms with Gasteiger partial charge in [-0.3, -0.25) is 19.3 Å². The van der Waals surface area contributed by atoms with Crippen molar-refractivity contribution in [1.82, 2.24) is 19.6 Å². The molecule has 1 atom stereocenters. The first-order chi connectivity index (χ1) is 12.5. The van der Waals surface area contributed by atoms with Crippen LogP contribution < -0.4 is 5.56 Å². The molecule has 0 saturated heterocycles. The van der Waals surface area contributed by atoms with Gasteiger partial charge in [-0.2, -0.15) is 5.10 Å². The van der Waals surface area contributed by atoms with Crippen molar-refractivity contribution in [2.75, 3.05) is 0 Å². The van der Waals surface area contributed by atoms with Crippen LogP contribution in [0.15, 0.2) is 16.0 Å². The van der Waals surface area contributed by atoms with Crippen molar-refractivity contribution < 1.29 is 0 Å². The number of thioether (sulfide) groups is 1. The number of aryl methyl sites for hydroxylation is 2. The SMILES string of the molecule is CC1=Nc2c(c(=O)[nH]n2C2CCCCCCC2)C(c2cn(C)nc2C)S1. The van der Waals surface area contributed by atoms with Gasteiger partial charge in [0.15, 0.2) is 5.82 Å². The van der Waals surface area contributed by atoms with Gasteiger partial charge >= 0.3 is 0 Å². The topological polar surface area (TPSA) is 68.0 Å². The fourth-order valence-electron chi connectivity index (χ4n) is 4.26. The van der Waals surface area contributed by atoms with Crippen LogP contribution in [0.2, 0.25) is 0 Å². The molecule has 1 N–H and O–H groups in total. The van der Waals surface area contributed by atoms with Crippen molar-refractivity contribution in [1.29, 1.82) is 0 Å². The Labute approximate surface area is 158 Å². The zero-order chi connectivity index (χ0) is 18.3. The number of nitrogens with one attached hydrogen (secondary N) is 1. The lowest BCUT2D eigenvalue weighted by atomic mass is 9.97. The number of aliphatic imine (C=N–C) groups is 1. The summed E-state index contributed by atoms with van der Waals surface area (Å²) >= 11 is 1.65. The molecule has 0 aromatic carbocycles. The number of hydrogen-bond acceptors (Lipinski definition) is 4. The fraction of sp³-hybridized carbons (Fsp3) is 0.632. The molecular weight excluding hydrogens is 346 g/mol. The minimum absolute atomic E-state index is 0.000868. The molecule has 2 aromatic heterocycles. The molecule has 1 fully saturated rings. The number of H-pyrrole nitrogens is 1. The first kappa shape index (κ1) is 17.6. The minimum atomic E-state index is -0.0326. The normalized spacial score (nSPS) is 21.8. The molecule has 1 saturated carbocycles. The summed E-state index contributed by atoms with van der Waals surface area (Å²) in [7, 11) is 1.93. The van der Waals surface area contributed by atoms with Crippen LogP contribution in [-0.4, -0.2) is 24.6 Å². The minimum Gasteiger partial charge on any atom is -0.275 e. The number of rotatable bonds is 2. The second-order valence-electron chi connectivity index (χ2n) is 7.52. The molecule has 26 heavy (non-hydrogen) atoms. The Morgan fingerprint density at radius 1 is 1.15 bits per heavy atom. The van der Waals surface area contributed by atoms with Crippen molar-refractivity contribution in [3.63, 3.8) is 0 Å². The van der Waals surface area contributed by atoms with Crippen LogP contribution in [0.3, 0.4) is 0 Å². The van der Waals surface area contributed by atoms with Crippen LogP contribution in [0, 0.1) is 6.92 Å². The van der Waals surface area contributed by atoms with E-state index in [2.05, 4.69) is 14.9 Å². The lowest BCUT2D eigenvalue weighted by Crippen LogP contribution is -2.15. The molecule has 0 amide bonds. The van der Waals surface area contributed by atoms with E-state index in [1.54, 1.807) is 11.8 Å². The summed E-state index contributed by atoms with van der Waals surface area (Å²) in [6.45, 7) is 4.04. The van der Waals surface area contributed by atoms with E-state index >= 15 is 0 Å². The second kappa shape index (κ2) is 7.10. The third-order valence-corrected chi connectivity index (χ3v) is 6.68. The van der Waals surface area contributed by atoms with Crippen molar-refractivity contribution in [2.45, 2.75) is 70.1 Å². The van der Waals surface area contributed by atoms with Crippen LogP contribution in [0.4, 0.5) is 5.82 Å². The molecule has 4 rings (SSSR count). The fourth-order valence-corrected chi connectivity index (χ4v) is 5.43. The summed E-state index contributed by atoms with van der Waals surface area (Å²) in [4.78, 5) is 17.7. The highest BCUT2D eigenvalue weighted by Crippen LogP contribution is 2.45. The summed E-state index contributed by atoms with van der Waals surface area (Å²) in [5.74, 6) is 0.838. The molecule has 1 aliphatic heterocycles. The van der Waals surface area contributed by atoms with Crippen LogP contribution in [0.25, 0.3) is 0 Å². The van der Waals surface area contributed by atoms with Gasteiger partial charge in [0, 0.05) is 18.8 Å². The Bertz CT molecular complexity index is 882. The Balaban J connectivity index is 1.78. The summed E-state index contributed by atoms with van der Waals surface area (Å²) in [6, 6.07) is 0.349. The van der Waals surface area contributed by atoms with Gasteiger partial charge in [0.05, 0.1) is 27.6 Å². The Morgan fingerprint density at radius 3 is 2.50 bits per heavy atom. The average Bonchev–Trinajstić information content (AvgIpc) is 3.06. The first-order valence-corrected chi connectivity index (χ1v) is 10.5. The number of aromatic amines is 1. The first-order valence-electron chi connectivity index (χ1n) is 9.61. The molecule has 7 heteroatoms. The maximum atomic E-state index is 12.9. The molecular formula is C19H27N5OS. The van der Waals surface area contributed by atoms with Crippen LogP contribution in [0.1, 0.15) is 80.0 Å². The molecule has 6 nitrogen and oxygen atoms in total. The smallest absolute Gasteiger partial charge is 0.271 e. The number of hydrogen-bond donors (Lipinski definition) is 1. The van der Waals surface area contributed by atoms with Crippen molar-refractivity contribution in [2.24, 2.45) is 12.0 Å². The van der Waals surface area contributed by atoms with Gasteiger partial charge in [-0.05, 0) is 26.7 Å². The van der Waals surface area contributed by atoms with E-state index in [9.17, 15) is 4.79 Å². The molecule has 2 aliphatic rings. The van der Waals surface area contributed by atoms with Gasteiger partial charge in [-0.15, -0.1) is 0 Å². The van der Waals surface area contributed by atoms with Gasteiger partial charge in [0.2, 0.25) is 0 Å². The van der Waals surface area contributed by atoms with Gasteiger partial charge in [-0.1, -0.05) is 43.9 Å². The zero-order valence-electron chi connectivity index (χ0n) is 15.8. The highest BCUT2D eigenvalue weighted by Gasteiger charge is 2.33. The molecule has 1 unspecified atom stereocenters. The highest BCUT2D eigenvalue weighted by atomic mass is 32.2. The quantitative estimate of drug-likeness (QED) is 0.849. The van der Waals surface area contributed by atoms with E-state index in [0.29, 0.717) is 6.04 Å². The van der Waals surface area contributed by atoms with Crippen LogP contribution in [0.5, 0.6) is 0 Å². The van der Waals surface area contributed by atoms with E-state index in [4.69, 9.17) is 4.99 Å². The Kier molecular flexibility index (Phi) is 4.82. The maximum absolute atomic E-state index is 12.9. The van der Waals surface area contributed by atoms with Crippen LogP contribution >= 0.6 is 11.8 Å². The number of aromatic nitrogens is 4. The Hall–Kier alpha value is -1.76. The van der Waals surface area contributed by atoms with Crippen molar-refractivity contribution >= 4 is 22.6 Å². The van der Waals surface area contributed by atoms with E-state index in [1.807, 2.05) is 31.8 Å². The molecule has 0 radical (unpaired) electrons.